The molecule has 0 spiro atoms. The first-order valence-electron chi connectivity index (χ1n) is 6.96. The summed E-state index contributed by atoms with van der Waals surface area (Å²) in [5.41, 5.74) is -0.00881. The Kier molecular flexibility index (Phi) is 3.76. The first-order valence-corrected chi connectivity index (χ1v) is 6.96. The standard InChI is InChI=1S/C16H13N3O4/c20-14-12-5-4-10(15(21)22)9-13(12)18-16(23)19(14)8-6-11-3-1-2-7-17-11/h1-5,7,9H,6,8H2,(H,18,23)(H,21,22). The van der Waals surface area contributed by atoms with Crippen molar-refractivity contribution in [3.63, 3.8) is 0 Å². The average molecular weight is 311 g/mol. The zero-order valence-corrected chi connectivity index (χ0v) is 12.0. The Balaban J connectivity index is 2.01. The van der Waals surface area contributed by atoms with Gasteiger partial charge in [-0.15, -0.1) is 0 Å². The van der Waals surface area contributed by atoms with Gasteiger partial charge in [0.05, 0.1) is 16.5 Å². The van der Waals surface area contributed by atoms with Crippen LogP contribution in [0.4, 0.5) is 0 Å². The van der Waals surface area contributed by atoms with Gasteiger partial charge in [0.15, 0.2) is 0 Å². The summed E-state index contributed by atoms with van der Waals surface area (Å²) in [6.45, 7) is 0.196. The van der Waals surface area contributed by atoms with E-state index in [0.717, 1.165) is 10.3 Å². The average Bonchev–Trinajstić information content (AvgIpc) is 2.55. The molecule has 7 nitrogen and oxygen atoms in total. The number of carbonyl (C=O) groups is 1. The van der Waals surface area contributed by atoms with Crippen LogP contribution in [-0.2, 0) is 13.0 Å². The molecule has 0 aliphatic carbocycles. The van der Waals surface area contributed by atoms with E-state index in [1.807, 2.05) is 12.1 Å². The van der Waals surface area contributed by atoms with E-state index in [1.54, 1.807) is 12.3 Å². The van der Waals surface area contributed by atoms with Crippen LogP contribution in [0.3, 0.4) is 0 Å². The van der Waals surface area contributed by atoms with E-state index in [9.17, 15) is 14.4 Å². The molecule has 0 unspecified atom stereocenters. The van der Waals surface area contributed by atoms with Gasteiger partial charge in [0, 0.05) is 24.9 Å². The van der Waals surface area contributed by atoms with E-state index in [2.05, 4.69) is 9.97 Å². The third-order valence-corrected chi connectivity index (χ3v) is 3.55. The van der Waals surface area contributed by atoms with E-state index in [4.69, 9.17) is 5.11 Å². The van der Waals surface area contributed by atoms with Crippen LogP contribution in [-0.4, -0.2) is 25.6 Å². The predicted octanol–water partition coefficient (Wildman–Crippen LogP) is 1.03. The number of hydrogen-bond acceptors (Lipinski definition) is 4. The Morgan fingerprint density at radius 3 is 2.74 bits per heavy atom. The van der Waals surface area contributed by atoms with Crippen molar-refractivity contribution in [3.05, 3.63) is 74.7 Å². The first-order chi connectivity index (χ1) is 11.1. The van der Waals surface area contributed by atoms with Crippen LogP contribution in [0.5, 0.6) is 0 Å². The van der Waals surface area contributed by atoms with Gasteiger partial charge in [0.2, 0.25) is 0 Å². The van der Waals surface area contributed by atoms with Crippen molar-refractivity contribution >= 4 is 16.9 Å². The maximum atomic E-state index is 12.4. The van der Waals surface area contributed by atoms with Crippen molar-refractivity contribution in [1.82, 2.24) is 14.5 Å². The number of carboxylic acid groups (broad SMARTS) is 1. The highest BCUT2D eigenvalue weighted by molar-refractivity contribution is 5.92. The maximum absolute atomic E-state index is 12.4. The highest BCUT2D eigenvalue weighted by Crippen LogP contribution is 2.09. The van der Waals surface area contributed by atoms with Crippen molar-refractivity contribution < 1.29 is 9.90 Å². The highest BCUT2D eigenvalue weighted by Gasteiger charge is 2.10. The lowest BCUT2D eigenvalue weighted by atomic mass is 10.1. The molecule has 0 amide bonds. The molecule has 23 heavy (non-hydrogen) atoms. The smallest absolute Gasteiger partial charge is 0.335 e. The van der Waals surface area contributed by atoms with Crippen LogP contribution in [0.1, 0.15) is 16.1 Å². The third-order valence-electron chi connectivity index (χ3n) is 3.55. The summed E-state index contributed by atoms with van der Waals surface area (Å²) < 4.78 is 1.09. The van der Waals surface area contributed by atoms with Crippen molar-refractivity contribution in [3.8, 4) is 0 Å². The van der Waals surface area contributed by atoms with Crippen LogP contribution in [0.2, 0.25) is 0 Å². The largest absolute Gasteiger partial charge is 0.478 e. The van der Waals surface area contributed by atoms with Crippen LogP contribution < -0.4 is 11.2 Å². The second-order valence-electron chi connectivity index (χ2n) is 5.02. The van der Waals surface area contributed by atoms with Gasteiger partial charge >= 0.3 is 11.7 Å². The number of fused-ring (bicyclic) bond motifs is 1. The number of nitrogens with zero attached hydrogens (tertiary/aromatic N) is 2. The second-order valence-corrected chi connectivity index (χ2v) is 5.02. The molecule has 0 aliphatic heterocycles. The Morgan fingerprint density at radius 2 is 2.04 bits per heavy atom. The number of benzene rings is 1. The van der Waals surface area contributed by atoms with Crippen molar-refractivity contribution in [2.75, 3.05) is 0 Å². The van der Waals surface area contributed by atoms with Gasteiger partial charge in [-0.05, 0) is 30.3 Å². The molecule has 0 saturated carbocycles. The van der Waals surface area contributed by atoms with E-state index in [0.29, 0.717) is 6.42 Å². The zero-order valence-electron chi connectivity index (χ0n) is 12.0. The number of aromatic carboxylic acids is 1. The quantitative estimate of drug-likeness (QED) is 0.748. The minimum absolute atomic E-state index is 0.0128. The Hall–Kier alpha value is -3.22. The fourth-order valence-corrected chi connectivity index (χ4v) is 2.36. The molecule has 116 valence electrons. The molecule has 0 radical (unpaired) electrons. The summed E-state index contributed by atoms with van der Waals surface area (Å²) in [4.78, 5) is 42.2. The first kappa shape index (κ1) is 14.7. The number of rotatable bonds is 4. The second kappa shape index (κ2) is 5.88. The Bertz CT molecular complexity index is 990. The van der Waals surface area contributed by atoms with Gasteiger partial charge < -0.3 is 10.1 Å². The molecule has 0 fully saturated rings. The van der Waals surface area contributed by atoms with Crippen LogP contribution in [0.25, 0.3) is 10.9 Å². The van der Waals surface area contributed by atoms with Gasteiger partial charge in [-0.2, -0.15) is 0 Å². The summed E-state index contributed by atoms with van der Waals surface area (Å²) in [7, 11) is 0. The summed E-state index contributed by atoms with van der Waals surface area (Å²) in [6, 6.07) is 9.48. The molecule has 0 atom stereocenters. The Labute approximate surface area is 129 Å². The predicted molar refractivity (Wildman–Crippen MR) is 83.7 cm³/mol. The lowest BCUT2D eigenvalue weighted by molar-refractivity contribution is 0.0697. The molecular formula is C16H13N3O4. The van der Waals surface area contributed by atoms with Crippen LogP contribution in [0.15, 0.2) is 52.2 Å². The molecule has 7 heteroatoms. The van der Waals surface area contributed by atoms with E-state index in [-0.39, 0.29) is 23.0 Å². The van der Waals surface area contributed by atoms with Gasteiger partial charge in [-0.25, -0.2) is 9.59 Å². The normalized spacial score (nSPS) is 10.8. The zero-order chi connectivity index (χ0) is 16.4. The molecule has 2 aromatic heterocycles. The number of H-pyrrole nitrogens is 1. The molecule has 0 bridgehead atoms. The number of hydrogen-bond donors (Lipinski definition) is 2. The number of aromatic nitrogens is 3. The molecular weight excluding hydrogens is 298 g/mol. The fourth-order valence-electron chi connectivity index (χ4n) is 2.36. The molecule has 1 aromatic carbocycles. The number of pyridine rings is 1. The minimum atomic E-state index is -1.12. The molecule has 3 aromatic rings. The number of nitrogens with one attached hydrogen (secondary N) is 1. The van der Waals surface area contributed by atoms with Gasteiger partial charge in [-0.3, -0.25) is 14.3 Å². The van der Waals surface area contributed by atoms with E-state index < -0.39 is 17.2 Å². The molecule has 2 N–H and O–H groups in total. The van der Waals surface area contributed by atoms with E-state index in [1.165, 1.54) is 18.2 Å². The highest BCUT2D eigenvalue weighted by atomic mass is 16.4. The van der Waals surface area contributed by atoms with Crippen molar-refractivity contribution in [2.45, 2.75) is 13.0 Å². The van der Waals surface area contributed by atoms with Crippen LogP contribution >= 0.6 is 0 Å². The van der Waals surface area contributed by atoms with E-state index >= 15 is 0 Å². The van der Waals surface area contributed by atoms with Crippen molar-refractivity contribution in [1.29, 1.82) is 0 Å². The lowest BCUT2D eigenvalue weighted by Crippen LogP contribution is -2.35. The summed E-state index contributed by atoms with van der Waals surface area (Å²) in [6.07, 6.45) is 2.10. The fraction of sp³-hybridized carbons (Fsp3) is 0.125. The summed E-state index contributed by atoms with van der Waals surface area (Å²) >= 11 is 0. The molecule has 0 aliphatic rings. The maximum Gasteiger partial charge on any atom is 0.335 e. The van der Waals surface area contributed by atoms with Gasteiger partial charge in [0.25, 0.3) is 5.56 Å². The third kappa shape index (κ3) is 2.89. The SMILES string of the molecule is O=C(O)c1ccc2c(=O)n(CCc3ccccn3)c(=O)[nH]c2c1. The Morgan fingerprint density at radius 1 is 1.22 bits per heavy atom. The summed E-state index contributed by atoms with van der Waals surface area (Å²) in [5.74, 6) is -1.12. The minimum Gasteiger partial charge on any atom is -0.478 e. The number of aromatic amines is 1. The van der Waals surface area contributed by atoms with Gasteiger partial charge in [0.1, 0.15) is 0 Å². The molecule has 3 rings (SSSR count). The lowest BCUT2D eigenvalue weighted by Gasteiger charge is -2.06. The van der Waals surface area contributed by atoms with Gasteiger partial charge in [-0.1, -0.05) is 6.07 Å². The molecule has 2 heterocycles. The molecule has 0 saturated heterocycles. The monoisotopic (exact) mass is 311 g/mol. The topological polar surface area (TPSA) is 105 Å². The number of carboxylic acids is 1. The van der Waals surface area contributed by atoms with Crippen molar-refractivity contribution in [2.24, 2.45) is 0 Å². The number of aryl methyl sites for hydroxylation is 1. The summed E-state index contributed by atoms with van der Waals surface area (Å²) in [5, 5.41) is 9.24. The van der Waals surface area contributed by atoms with Crippen LogP contribution in [0, 0.1) is 0 Å².